The van der Waals surface area contributed by atoms with Crippen LogP contribution in [0.15, 0.2) is 53.5 Å². The Hall–Kier alpha value is -2.86. The van der Waals surface area contributed by atoms with E-state index in [1.807, 2.05) is 55.5 Å². The van der Waals surface area contributed by atoms with Crippen molar-refractivity contribution >= 4 is 29.4 Å². The smallest absolute Gasteiger partial charge is 0.252 e. The second-order valence-electron chi connectivity index (χ2n) is 6.72. The average Bonchev–Trinajstić information content (AvgIpc) is 3.27. The molecule has 1 spiro atoms. The number of thioether (sulfide) groups is 1. The molecule has 1 amide bonds. The fraction of sp³-hybridized carbons (Fsp3) is 0.261. The van der Waals surface area contributed by atoms with Gasteiger partial charge in [0, 0.05) is 17.5 Å². The maximum Gasteiger partial charge on any atom is 0.252 e. The molecule has 0 N–H and O–H groups in total. The second kappa shape index (κ2) is 7.52. The molecule has 0 bridgehead atoms. The SMILES string of the molecule is CCN1C(=O)C2(C=C/C(=C/c3ccccc3)S2)c2c1cc(OC)c(OC)c2OC. The van der Waals surface area contributed by atoms with Gasteiger partial charge >= 0.3 is 0 Å². The molecule has 0 saturated carbocycles. The fourth-order valence-electron chi connectivity index (χ4n) is 3.94. The van der Waals surface area contributed by atoms with E-state index < -0.39 is 4.75 Å². The number of nitrogens with zero attached hydrogens (tertiary/aromatic N) is 1. The summed E-state index contributed by atoms with van der Waals surface area (Å²) >= 11 is 1.53. The van der Waals surface area contributed by atoms with E-state index in [0.29, 0.717) is 23.8 Å². The maximum atomic E-state index is 13.6. The summed E-state index contributed by atoms with van der Waals surface area (Å²) in [7, 11) is 4.75. The third-order valence-electron chi connectivity index (χ3n) is 5.22. The molecule has 2 aliphatic rings. The first-order chi connectivity index (χ1) is 14.1. The zero-order valence-corrected chi connectivity index (χ0v) is 17.7. The number of carbonyl (C=O) groups excluding carboxylic acids is 1. The highest BCUT2D eigenvalue weighted by Gasteiger charge is 2.55. The van der Waals surface area contributed by atoms with E-state index in [0.717, 1.165) is 21.7 Å². The number of hydrogen-bond acceptors (Lipinski definition) is 5. The van der Waals surface area contributed by atoms with Crippen LogP contribution in [0.1, 0.15) is 18.1 Å². The highest BCUT2D eigenvalue weighted by molar-refractivity contribution is 8.05. The molecule has 0 aliphatic carbocycles. The number of carbonyl (C=O) groups is 1. The number of fused-ring (bicyclic) bond motifs is 2. The number of allylic oxidation sites excluding steroid dienone is 1. The predicted molar refractivity (Wildman–Crippen MR) is 117 cm³/mol. The van der Waals surface area contributed by atoms with Gasteiger partial charge in [-0.25, -0.2) is 0 Å². The average molecular weight is 410 g/mol. The minimum Gasteiger partial charge on any atom is -0.493 e. The number of benzene rings is 2. The summed E-state index contributed by atoms with van der Waals surface area (Å²) in [5.41, 5.74) is 2.70. The fourth-order valence-corrected chi connectivity index (χ4v) is 5.28. The van der Waals surface area contributed by atoms with Gasteiger partial charge in [-0.15, -0.1) is 0 Å². The molecule has 29 heavy (non-hydrogen) atoms. The zero-order valence-electron chi connectivity index (χ0n) is 16.9. The summed E-state index contributed by atoms with van der Waals surface area (Å²) in [5, 5.41) is 0. The quantitative estimate of drug-likeness (QED) is 0.721. The van der Waals surface area contributed by atoms with Crippen LogP contribution in [-0.2, 0) is 9.54 Å². The number of likely N-dealkylation sites (N-methyl/N-ethyl adjacent to an activating group) is 1. The minimum atomic E-state index is -0.878. The minimum absolute atomic E-state index is 0.0151. The lowest BCUT2D eigenvalue weighted by Crippen LogP contribution is -2.35. The summed E-state index contributed by atoms with van der Waals surface area (Å²) in [6.07, 6.45) is 6.07. The van der Waals surface area contributed by atoms with Gasteiger partial charge in [0.25, 0.3) is 5.91 Å². The summed E-state index contributed by atoms with van der Waals surface area (Å²) in [4.78, 5) is 16.4. The Labute approximate surface area is 174 Å². The molecular formula is C23H23NO4S. The first kappa shape index (κ1) is 19.5. The number of anilines is 1. The molecule has 1 unspecified atom stereocenters. The highest BCUT2D eigenvalue weighted by atomic mass is 32.2. The molecule has 0 radical (unpaired) electrons. The first-order valence-corrected chi connectivity index (χ1v) is 10.2. The van der Waals surface area contributed by atoms with Crippen molar-refractivity contribution in [1.29, 1.82) is 0 Å². The van der Waals surface area contributed by atoms with Crippen molar-refractivity contribution in [3.05, 3.63) is 64.6 Å². The molecule has 0 aromatic heterocycles. The third-order valence-corrected chi connectivity index (χ3v) is 6.55. The van der Waals surface area contributed by atoms with E-state index >= 15 is 0 Å². The van der Waals surface area contributed by atoms with E-state index in [1.165, 1.54) is 11.8 Å². The standard InChI is InChI=1S/C23H23NO4S/c1-5-24-17-14-18(26-2)20(27-3)21(28-4)19(17)23(22(24)25)12-11-16(29-23)13-15-9-7-6-8-10-15/h6-14H,5H2,1-4H3/b16-13-. The molecule has 2 aliphatic heterocycles. The Kier molecular flexibility index (Phi) is 5.04. The van der Waals surface area contributed by atoms with Gasteiger partial charge in [-0.2, -0.15) is 0 Å². The van der Waals surface area contributed by atoms with Crippen LogP contribution in [-0.4, -0.2) is 33.8 Å². The van der Waals surface area contributed by atoms with Crippen molar-refractivity contribution in [1.82, 2.24) is 0 Å². The zero-order chi connectivity index (χ0) is 20.6. The van der Waals surface area contributed by atoms with Crippen LogP contribution in [0, 0.1) is 0 Å². The molecule has 2 aromatic rings. The van der Waals surface area contributed by atoms with E-state index in [9.17, 15) is 4.79 Å². The summed E-state index contributed by atoms with van der Waals surface area (Å²) in [6.45, 7) is 2.52. The van der Waals surface area contributed by atoms with Gasteiger partial charge in [0.05, 0.1) is 32.6 Å². The van der Waals surface area contributed by atoms with Gasteiger partial charge in [-0.1, -0.05) is 54.2 Å². The highest BCUT2D eigenvalue weighted by Crippen LogP contribution is 2.62. The Morgan fingerprint density at radius 1 is 1.07 bits per heavy atom. The van der Waals surface area contributed by atoms with E-state index in [-0.39, 0.29) is 5.91 Å². The number of rotatable bonds is 5. The van der Waals surface area contributed by atoms with Gasteiger partial charge in [-0.3, -0.25) is 4.79 Å². The van der Waals surface area contributed by atoms with E-state index in [1.54, 1.807) is 26.2 Å². The van der Waals surface area contributed by atoms with Crippen molar-refractivity contribution in [2.24, 2.45) is 0 Å². The number of amides is 1. The first-order valence-electron chi connectivity index (χ1n) is 9.40. The lowest BCUT2D eigenvalue weighted by molar-refractivity contribution is -0.119. The van der Waals surface area contributed by atoms with Gasteiger partial charge in [0.1, 0.15) is 4.75 Å². The van der Waals surface area contributed by atoms with Crippen LogP contribution < -0.4 is 19.1 Å². The van der Waals surface area contributed by atoms with Crippen LogP contribution in [0.2, 0.25) is 0 Å². The van der Waals surface area contributed by atoms with Crippen LogP contribution >= 0.6 is 11.8 Å². The number of methoxy groups -OCH3 is 3. The Balaban J connectivity index is 1.89. The largest absolute Gasteiger partial charge is 0.493 e. The van der Waals surface area contributed by atoms with Crippen LogP contribution in [0.5, 0.6) is 17.2 Å². The Bertz CT molecular complexity index is 1020. The van der Waals surface area contributed by atoms with Gasteiger partial charge in [-0.05, 0) is 18.6 Å². The molecule has 2 heterocycles. The van der Waals surface area contributed by atoms with Gasteiger partial charge in [0.15, 0.2) is 11.5 Å². The molecule has 1 atom stereocenters. The van der Waals surface area contributed by atoms with Crippen LogP contribution in [0.3, 0.4) is 0 Å². The van der Waals surface area contributed by atoms with Crippen molar-refractivity contribution in [3.8, 4) is 17.2 Å². The molecule has 0 saturated heterocycles. The lowest BCUT2D eigenvalue weighted by atomic mass is 9.97. The Morgan fingerprint density at radius 3 is 2.41 bits per heavy atom. The Morgan fingerprint density at radius 2 is 1.79 bits per heavy atom. The van der Waals surface area contributed by atoms with Gasteiger partial charge < -0.3 is 19.1 Å². The van der Waals surface area contributed by atoms with E-state index in [4.69, 9.17) is 14.2 Å². The van der Waals surface area contributed by atoms with Gasteiger partial charge in [0.2, 0.25) is 5.75 Å². The third kappa shape index (κ3) is 2.90. The monoisotopic (exact) mass is 409 g/mol. The van der Waals surface area contributed by atoms with Crippen molar-refractivity contribution in [3.63, 3.8) is 0 Å². The van der Waals surface area contributed by atoms with Crippen molar-refractivity contribution < 1.29 is 19.0 Å². The van der Waals surface area contributed by atoms with Crippen molar-refractivity contribution in [2.45, 2.75) is 11.7 Å². The summed E-state index contributed by atoms with van der Waals surface area (Å²) < 4.78 is 16.0. The summed E-state index contributed by atoms with van der Waals surface area (Å²) in [6, 6.07) is 11.9. The number of hydrogen-bond donors (Lipinski definition) is 0. The normalized spacial score (nSPS) is 21.2. The topological polar surface area (TPSA) is 48.0 Å². The predicted octanol–water partition coefficient (Wildman–Crippen LogP) is 4.62. The van der Waals surface area contributed by atoms with Crippen molar-refractivity contribution in [2.75, 3.05) is 32.8 Å². The second-order valence-corrected chi connectivity index (χ2v) is 8.04. The molecule has 5 nitrogen and oxygen atoms in total. The van der Waals surface area contributed by atoms with Crippen LogP contribution in [0.4, 0.5) is 5.69 Å². The lowest BCUT2D eigenvalue weighted by Gasteiger charge is -2.23. The maximum absolute atomic E-state index is 13.6. The molecule has 6 heteroatoms. The molecule has 4 rings (SSSR count). The molecule has 150 valence electrons. The molecular weight excluding hydrogens is 386 g/mol. The van der Waals surface area contributed by atoms with E-state index in [2.05, 4.69) is 6.08 Å². The molecule has 0 fully saturated rings. The molecule has 2 aromatic carbocycles. The van der Waals surface area contributed by atoms with Crippen LogP contribution in [0.25, 0.3) is 6.08 Å². The summed E-state index contributed by atoms with van der Waals surface area (Å²) in [5.74, 6) is 1.58. The number of ether oxygens (including phenoxy) is 3.